The Bertz CT molecular complexity index is 1130. The standard InChI is InChI=1S/C19H17FN4O2S/c1-13-3-8-17(20)18(9-13)27(25,26)22-11-16-12-24(2)23-19(16)15-6-4-14(10-21)5-7-15/h3-9,12,22H,11H2,1-2H3. The van der Waals surface area contributed by atoms with Gasteiger partial charge in [0.15, 0.2) is 0 Å². The van der Waals surface area contributed by atoms with Crippen LogP contribution in [0.25, 0.3) is 11.3 Å². The fraction of sp³-hybridized carbons (Fsp3) is 0.158. The van der Waals surface area contributed by atoms with E-state index in [2.05, 4.69) is 9.82 Å². The SMILES string of the molecule is Cc1ccc(F)c(S(=O)(=O)NCc2cn(C)nc2-c2ccc(C#N)cc2)c1. The van der Waals surface area contributed by atoms with Gasteiger partial charge >= 0.3 is 0 Å². The minimum absolute atomic E-state index is 0.0428. The van der Waals surface area contributed by atoms with Crippen molar-refractivity contribution in [1.29, 1.82) is 5.26 Å². The molecule has 138 valence electrons. The summed E-state index contributed by atoms with van der Waals surface area (Å²) in [4.78, 5) is -0.383. The topological polar surface area (TPSA) is 87.8 Å². The van der Waals surface area contributed by atoms with Crippen molar-refractivity contribution in [2.45, 2.75) is 18.4 Å². The molecule has 0 radical (unpaired) electrons. The zero-order chi connectivity index (χ0) is 19.6. The maximum absolute atomic E-state index is 13.9. The lowest BCUT2D eigenvalue weighted by atomic mass is 10.1. The Hall–Kier alpha value is -3.02. The summed E-state index contributed by atoms with van der Waals surface area (Å²) in [5.41, 5.74) is 3.15. The molecule has 0 bridgehead atoms. The van der Waals surface area contributed by atoms with Crippen LogP contribution in [-0.4, -0.2) is 18.2 Å². The second kappa shape index (κ2) is 7.31. The number of benzene rings is 2. The molecular weight excluding hydrogens is 367 g/mol. The van der Waals surface area contributed by atoms with Gasteiger partial charge in [0.1, 0.15) is 10.7 Å². The molecule has 1 N–H and O–H groups in total. The van der Waals surface area contributed by atoms with E-state index in [0.717, 1.165) is 11.6 Å². The summed E-state index contributed by atoms with van der Waals surface area (Å²) in [5.74, 6) is -0.799. The summed E-state index contributed by atoms with van der Waals surface area (Å²) in [6.45, 7) is 1.65. The summed E-state index contributed by atoms with van der Waals surface area (Å²) in [5, 5.41) is 13.3. The molecule has 1 aromatic heterocycles. The summed E-state index contributed by atoms with van der Waals surface area (Å²) in [6, 6.07) is 12.8. The zero-order valence-electron chi connectivity index (χ0n) is 14.8. The first kappa shape index (κ1) is 18.8. The van der Waals surface area contributed by atoms with Crippen molar-refractivity contribution in [3.63, 3.8) is 0 Å². The van der Waals surface area contributed by atoms with Crippen molar-refractivity contribution in [2.24, 2.45) is 7.05 Å². The summed E-state index contributed by atoms with van der Waals surface area (Å²) >= 11 is 0. The van der Waals surface area contributed by atoms with Gasteiger partial charge < -0.3 is 0 Å². The van der Waals surface area contributed by atoms with Gasteiger partial charge in [0, 0.05) is 30.9 Å². The number of rotatable bonds is 5. The molecule has 0 amide bonds. The van der Waals surface area contributed by atoms with Crippen molar-refractivity contribution in [3.05, 3.63) is 71.2 Å². The van der Waals surface area contributed by atoms with E-state index in [9.17, 15) is 12.8 Å². The molecule has 0 atom stereocenters. The van der Waals surface area contributed by atoms with Crippen molar-refractivity contribution in [1.82, 2.24) is 14.5 Å². The van der Waals surface area contributed by atoms with Crippen LogP contribution in [0.1, 0.15) is 16.7 Å². The van der Waals surface area contributed by atoms with E-state index in [-0.39, 0.29) is 11.4 Å². The van der Waals surface area contributed by atoms with Gasteiger partial charge in [-0.2, -0.15) is 10.4 Å². The minimum Gasteiger partial charge on any atom is -0.275 e. The highest BCUT2D eigenvalue weighted by atomic mass is 32.2. The van der Waals surface area contributed by atoms with Gasteiger partial charge in [-0.3, -0.25) is 4.68 Å². The molecule has 8 heteroatoms. The van der Waals surface area contributed by atoms with Crippen molar-refractivity contribution >= 4 is 10.0 Å². The first-order valence-electron chi connectivity index (χ1n) is 8.09. The first-order chi connectivity index (χ1) is 12.8. The predicted molar refractivity (Wildman–Crippen MR) is 98.5 cm³/mol. The lowest BCUT2D eigenvalue weighted by Crippen LogP contribution is -2.24. The minimum atomic E-state index is -4.02. The van der Waals surface area contributed by atoms with E-state index in [1.165, 1.54) is 12.1 Å². The Balaban J connectivity index is 1.88. The van der Waals surface area contributed by atoms with Crippen LogP contribution < -0.4 is 4.72 Å². The third kappa shape index (κ3) is 4.05. The number of nitrogens with one attached hydrogen (secondary N) is 1. The molecule has 0 aliphatic heterocycles. The number of sulfonamides is 1. The van der Waals surface area contributed by atoms with E-state index in [0.29, 0.717) is 22.4 Å². The second-order valence-electron chi connectivity index (χ2n) is 6.12. The zero-order valence-corrected chi connectivity index (χ0v) is 15.6. The molecule has 0 fully saturated rings. The number of aromatic nitrogens is 2. The predicted octanol–water partition coefficient (Wildman–Crippen LogP) is 2.88. The van der Waals surface area contributed by atoms with Crippen LogP contribution >= 0.6 is 0 Å². The van der Waals surface area contributed by atoms with Crippen LogP contribution in [0.2, 0.25) is 0 Å². The molecule has 2 aromatic carbocycles. The number of nitriles is 1. The van der Waals surface area contributed by atoms with Gasteiger partial charge in [0.2, 0.25) is 10.0 Å². The van der Waals surface area contributed by atoms with Gasteiger partial charge in [-0.15, -0.1) is 0 Å². The van der Waals surface area contributed by atoms with Gasteiger partial charge in [-0.1, -0.05) is 18.2 Å². The van der Waals surface area contributed by atoms with Gasteiger partial charge in [-0.05, 0) is 36.8 Å². The molecule has 0 spiro atoms. The van der Waals surface area contributed by atoms with E-state index >= 15 is 0 Å². The molecule has 0 aliphatic rings. The van der Waals surface area contributed by atoms with Gasteiger partial charge in [-0.25, -0.2) is 17.5 Å². The molecule has 0 saturated heterocycles. The fourth-order valence-corrected chi connectivity index (χ4v) is 3.85. The molecule has 0 saturated carbocycles. The van der Waals surface area contributed by atoms with Crippen molar-refractivity contribution in [3.8, 4) is 17.3 Å². The Morgan fingerprint density at radius 2 is 1.93 bits per heavy atom. The largest absolute Gasteiger partial charge is 0.275 e. The van der Waals surface area contributed by atoms with Crippen molar-refractivity contribution < 1.29 is 12.8 Å². The fourth-order valence-electron chi connectivity index (χ4n) is 2.68. The lowest BCUT2D eigenvalue weighted by Gasteiger charge is -2.09. The summed E-state index contributed by atoms with van der Waals surface area (Å²) < 4.78 is 43.0. The van der Waals surface area contributed by atoms with Crippen LogP contribution in [0.15, 0.2) is 53.6 Å². The number of aryl methyl sites for hydroxylation is 2. The maximum atomic E-state index is 13.9. The number of hydrogen-bond acceptors (Lipinski definition) is 4. The third-order valence-corrected chi connectivity index (χ3v) is 5.44. The van der Waals surface area contributed by atoms with E-state index in [4.69, 9.17) is 5.26 Å². The van der Waals surface area contributed by atoms with Crippen LogP contribution in [0.4, 0.5) is 4.39 Å². The van der Waals surface area contributed by atoms with Crippen LogP contribution in [-0.2, 0) is 23.6 Å². The normalized spacial score (nSPS) is 11.3. The highest BCUT2D eigenvalue weighted by Crippen LogP contribution is 2.23. The molecule has 6 nitrogen and oxygen atoms in total. The Morgan fingerprint density at radius 3 is 2.59 bits per heavy atom. The summed E-state index contributed by atoms with van der Waals surface area (Å²) in [6.07, 6.45) is 1.70. The van der Waals surface area contributed by atoms with Crippen LogP contribution in [0.3, 0.4) is 0 Å². The second-order valence-corrected chi connectivity index (χ2v) is 7.86. The maximum Gasteiger partial charge on any atom is 0.243 e. The average molecular weight is 384 g/mol. The van der Waals surface area contributed by atoms with Crippen LogP contribution in [0.5, 0.6) is 0 Å². The highest BCUT2D eigenvalue weighted by molar-refractivity contribution is 7.89. The molecule has 3 rings (SSSR count). The Labute approximate surface area is 156 Å². The summed E-state index contributed by atoms with van der Waals surface area (Å²) in [7, 11) is -2.29. The Morgan fingerprint density at radius 1 is 1.22 bits per heavy atom. The third-order valence-electron chi connectivity index (χ3n) is 4.02. The molecule has 27 heavy (non-hydrogen) atoms. The first-order valence-corrected chi connectivity index (χ1v) is 9.57. The van der Waals surface area contributed by atoms with Crippen LogP contribution in [0, 0.1) is 24.1 Å². The number of hydrogen-bond donors (Lipinski definition) is 1. The van der Waals surface area contributed by atoms with Gasteiger partial charge in [0.05, 0.1) is 17.3 Å². The van der Waals surface area contributed by atoms with Crippen molar-refractivity contribution in [2.75, 3.05) is 0 Å². The average Bonchev–Trinajstić information content (AvgIpc) is 3.03. The molecule has 1 heterocycles. The van der Waals surface area contributed by atoms with E-state index in [1.54, 1.807) is 49.1 Å². The number of nitrogens with zero attached hydrogens (tertiary/aromatic N) is 3. The number of halogens is 1. The van der Waals surface area contributed by atoms with Gasteiger partial charge in [0.25, 0.3) is 0 Å². The monoisotopic (exact) mass is 384 g/mol. The molecular formula is C19H17FN4O2S. The lowest BCUT2D eigenvalue weighted by molar-refractivity contribution is 0.556. The quantitative estimate of drug-likeness (QED) is 0.733. The molecule has 3 aromatic rings. The molecule has 0 unspecified atom stereocenters. The van der Waals surface area contributed by atoms with E-state index < -0.39 is 15.8 Å². The smallest absolute Gasteiger partial charge is 0.243 e. The Kier molecular flexibility index (Phi) is 5.08. The highest BCUT2D eigenvalue weighted by Gasteiger charge is 2.20. The van der Waals surface area contributed by atoms with E-state index in [1.807, 2.05) is 6.07 Å². The molecule has 0 aliphatic carbocycles.